The Kier molecular flexibility index (Phi) is 5.76. The molecule has 0 N–H and O–H groups in total. The van der Waals surface area contributed by atoms with Crippen LogP contribution in [0.15, 0.2) is 115 Å². The van der Waals surface area contributed by atoms with Crippen LogP contribution in [0.3, 0.4) is 0 Å². The molecule has 0 atom stereocenters. The van der Waals surface area contributed by atoms with Crippen LogP contribution in [0.1, 0.15) is 48.8 Å². The van der Waals surface area contributed by atoms with Gasteiger partial charge in [0.15, 0.2) is 5.82 Å². The van der Waals surface area contributed by atoms with Crippen LogP contribution in [0.25, 0.3) is 55.8 Å². The van der Waals surface area contributed by atoms with Crippen molar-refractivity contribution in [2.45, 2.75) is 37.5 Å². The second-order valence-electron chi connectivity index (χ2n) is 11.6. The van der Waals surface area contributed by atoms with Gasteiger partial charge in [-0.1, -0.05) is 110 Å². The zero-order valence-corrected chi connectivity index (χ0v) is 23.3. The number of fused-ring (bicyclic) bond motifs is 6. The number of nitrogens with zero attached hydrogens (tertiary/aromatic N) is 3. The van der Waals surface area contributed by atoms with Crippen molar-refractivity contribution >= 4 is 10.8 Å². The molecule has 2 aliphatic carbocycles. The Balaban J connectivity index is 1.38. The van der Waals surface area contributed by atoms with Gasteiger partial charge in [0, 0.05) is 22.1 Å². The first kappa shape index (κ1) is 24.7. The van der Waals surface area contributed by atoms with Crippen molar-refractivity contribution in [1.29, 1.82) is 5.26 Å². The number of rotatable bonds is 3. The zero-order valence-electron chi connectivity index (χ0n) is 23.3. The maximum absolute atomic E-state index is 9.78. The van der Waals surface area contributed by atoms with Gasteiger partial charge in [0.05, 0.1) is 23.0 Å². The third-order valence-corrected chi connectivity index (χ3v) is 9.30. The van der Waals surface area contributed by atoms with Gasteiger partial charge in [-0.3, -0.25) is 0 Å². The molecule has 2 aliphatic rings. The van der Waals surface area contributed by atoms with Gasteiger partial charge >= 0.3 is 0 Å². The van der Waals surface area contributed by atoms with Crippen molar-refractivity contribution in [1.82, 2.24) is 9.97 Å². The molecule has 0 saturated heterocycles. The number of hydrogen-bond donors (Lipinski definition) is 0. The first-order valence-electron chi connectivity index (χ1n) is 14.9. The van der Waals surface area contributed by atoms with Gasteiger partial charge in [0.2, 0.25) is 0 Å². The predicted octanol–water partition coefficient (Wildman–Crippen LogP) is 9.73. The van der Waals surface area contributed by atoms with Crippen LogP contribution in [0.4, 0.5) is 0 Å². The quantitative estimate of drug-likeness (QED) is 0.225. The molecule has 0 radical (unpaired) electrons. The third kappa shape index (κ3) is 3.87. The molecule has 0 amide bonds. The lowest BCUT2D eigenvalue weighted by Crippen LogP contribution is -2.28. The molecule has 200 valence electrons. The van der Waals surface area contributed by atoms with Crippen molar-refractivity contribution in [3.8, 4) is 51.1 Å². The largest absolute Gasteiger partial charge is 0.228 e. The van der Waals surface area contributed by atoms with E-state index in [0.717, 1.165) is 52.3 Å². The van der Waals surface area contributed by atoms with E-state index in [1.54, 1.807) is 0 Å². The van der Waals surface area contributed by atoms with Gasteiger partial charge in [0.1, 0.15) is 0 Å². The summed E-state index contributed by atoms with van der Waals surface area (Å²) in [4.78, 5) is 10.4. The smallest absolute Gasteiger partial charge is 0.160 e. The molecular weight excluding hydrogens is 510 g/mol. The number of benzene rings is 5. The summed E-state index contributed by atoms with van der Waals surface area (Å²) in [6.45, 7) is 0. The fourth-order valence-corrected chi connectivity index (χ4v) is 7.32. The van der Waals surface area contributed by atoms with Gasteiger partial charge in [-0.25, -0.2) is 9.97 Å². The van der Waals surface area contributed by atoms with E-state index in [1.807, 2.05) is 12.1 Å². The molecule has 5 aromatic carbocycles. The number of aromatic nitrogens is 2. The highest BCUT2D eigenvalue weighted by Gasteiger charge is 2.44. The Labute approximate surface area is 246 Å². The van der Waals surface area contributed by atoms with Crippen LogP contribution in [-0.2, 0) is 5.41 Å². The van der Waals surface area contributed by atoms with Crippen molar-refractivity contribution in [2.75, 3.05) is 0 Å². The molecule has 8 rings (SSSR count). The van der Waals surface area contributed by atoms with Crippen LogP contribution in [0, 0.1) is 11.3 Å². The first-order valence-corrected chi connectivity index (χ1v) is 14.9. The topological polar surface area (TPSA) is 49.6 Å². The third-order valence-electron chi connectivity index (χ3n) is 9.30. The predicted molar refractivity (Wildman–Crippen MR) is 170 cm³/mol. The first-order chi connectivity index (χ1) is 20.7. The molecule has 1 aromatic heterocycles. The fraction of sp³-hybridized carbons (Fsp3) is 0.154. The minimum atomic E-state index is -0.0394. The molecule has 1 spiro atoms. The molecule has 6 aromatic rings. The summed E-state index contributed by atoms with van der Waals surface area (Å²) >= 11 is 0. The minimum absolute atomic E-state index is 0.0394. The highest BCUT2D eigenvalue weighted by Crippen LogP contribution is 2.58. The average Bonchev–Trinajstić information content (AvgIpc) is 3.33. The summed E-state index contributed by atoms with van der Waals surface area (Å²) in [6.07, 6.45) is 5.92. The van der Waals surface area contributed by atoms with Crippen LogP contribution in [-0.4, -0.2) is 9.97 Å². The Hall–Kier alpha value is -5.07. The summed E-state index contributed by atoms with van der Waals surface area (Å²) in [5.41, 5.74) is 10.9. The summed E-state index contributed by atoms with van der Waals surface area (Å²) in [7, 11) is 0. The Morgan fingerprint density at radius 3 is 2.19 bits per heavy atom. The van der Waals surface area contributed by atoms with Gasteiger partial charge in [-0.2, -0.15) is 5.26 Å². The van der Waals surface area contributed by atoms with E-state index in [1.165, 1.54) is 52.3 Å². The van der Waals surface area contributed by atoms with E-state index in [4.69, 9.17) is 9.97 Å². The molecule has 3 nitrogen and oxygen atoms in total. The maximum Gasteiger partial charge on any atom is 0.160 e. The second kappa shape index (κ2) is 9.79. The summed E-state index contributed by atoms with van der Waals surface area (Å²) < 4.78 is 0. The molecule has 0 aliphatic heterocycles. The Bertz CT molecular complexity index is 2030. The van der Waals surface area contributed by atoms with Crippen LogP contribution in [0.5, 0.6) is 0 Å². The van der Waals surface area contributed by atoms with Gasteiger partial charge in [-0.15, -0.1) is 0 Å². The van der Waals surface area contributed by atoms with E-state index in [2.05, 4.69) is 109 Å². The van der Waals surface area contributed by atoms with Crippen molar-refractivity contribution in [3.05, 3.63) is 132 Å². The summed E-state index contributed by atoms with van der Waals surface area (Å²) in [5, 5.41) is 12.2. The monoisotopic (exact) mass is 539 g/mol. The zero-order chi connectivity index (χ0) is 28.1. The van der Waals surface area contributed by atoms with Gasteiger partial charge in [0.25, 0.3) is 0 Å². The van der Waals surface area contributed by atoms with Crippen molar-refractivity contribution < 1.29 is 0 Å². The summed E-state index contributed by atoms with van der Waals surface area (Å²) in [5.74, 6) is 0.722. The highest BCUT2D eigenvalue weighted by atomic mass is 14.9. The molecule has 1 fully saturated rings. The Morgan fingerprint density at radius 1 is 0.571 bits per heavy atom. The van der Waals surface area contributed by atoms with E-state index >= 15 is 0 Å². The lowest BCUT2D eigenvalue weighted by molar-refractivity contribution is 0.353. The SMILES string of the molecule is N#Cc1ccc2c(c1)C1(CCCCC1)c1cccc(-c3cc(-c4ccccc4)nc(-c4ccc5ccccc5c4)n3)c1-2. The fourth-order valence-electron chi connectivity index (χ4n) is 7.32. The number of nitriles is 1. The van der Waals surface area contributed by atoms with E-state index in [9.17, 15) is 5.26 Å². The van der Waals surface area contributed by atoms with E-state index in [0.29, 0.717) is 0 Å². The summed E-state index contributed by atoms with van der Waals surface area (Å²) in [6, 6.07) is 42.8. The molecule has 0 unspecified atom stereocenters. The lowest BCUT2D eigenvalue weighted by Gasteiger charge is -2.36. The van der Waals surface area contributed by atoms with Crippen molar-refractivity contribution in [2.24, 2.45) is 0 Å². The van der Waals surface area contributed by atoms with Crippen LogP contribution < -0.4 is 0 Å². The van der Waals surface area contributed by atoms with Crippen molar-refractivity contribution in [3.63, 3.8) is 0 Å². The lowest BCUT2D eigenvalue weighted by atomic mass is 9.67. The van der Waals surface area contributed by atoms with E-state index < -0.39 is 0 Å². The molecule has 1 heterocycles. The molecule has 1 saturated carbocycles. The molecule has 42 heavy (non-hydrogen) atoms. The Morgan fingerprint density at radius 2 is 1.36 bits per heavy atom. The highest BCUT2D eigenvalue weighted by molar-refractivity contribution is 5.93. The second-order valence-corrected chi connectivity index (χ2v) is 11.6. The van der Waals surface area contributed by atoms with Gasteiger partial charge < -0.3 is 0 Å². The molecular formula is C39H29N3. The van der Waals surface area contributed by atoms with Crippen LogP contribution >= 0.6 is 0 Å². The van der Waals surface area contributed by atoms with Gasteiger partial charge in [-0.05, 0) is 70.1 Å². The molecule has 3 heteroatoms. The standard InChI is InChI=1S/C39H29N3/c40-25-26-16-19-31-34(22-26)39(20-7-2-8-21-39)33-15-9-14-32(37(31)33)36-24-35(28-11-3-1-4-12-28)41-38(42-36)30-18-17-27-10-5-6-13-29(27)23-30/h1,3-6,9-19,22-24H,2,7-8,20-21H2. The van der Waals surface area contributed by atoms with Crippen LogP contribution in [0.2, 0.25) is 0 Å². The average molecular weight is 540 g/mol. The minimum Gasteiger partial charge on any atom is -0.228 e. The normalized spacial score (nSPS) is 14.8. The maximum atomic E-state index is 9.78. The van der Waals surface area contributed by atoms with E-state index in [-0.39, 0.29) is 5.41 Å². The number of hydrogen-bond acceptors (Lipinski definition) is 3. The molecule has 0 bridgehead atoms.